The van der Waals surface area contributed by atoms with Gasteiger partial charge < -0.3 is 9.84 Å². The average molecular weight is 326 g/mol. The molecule has 1 N–H and O–H groups in total. The van der Waals surface area contributed by atoms with E-state index in [4.69, 9.17) is 19.6 Å². The summed E-state index contributed by atoms with van der Waals surface area (Å²) in [5.41, 5.74) is 1.27. The number of hydrogen-bond acceptors (Lipinski definition) is 4. The standard InChI is InChI=1S/C18H30O5/c1-5-9-14(2)10-7-6-8-12-18(21-4)13-11-16(22-23-18)15(3)17(19)20/h7,9-10,15-16H,5-6,8,11-13H2,1-4H3,(H,19,20)/b10-7+,14-9+/t15-,16-,18-/m1/s1. The van der Waals surface area contributed by atoms with Crippen LogP contribution in [0.25, 0.3) is 0 Å². The second-order valence-electron chi connectivity index (χ2n) is 6.15. The second kappa shape index (κ2) is 9.85. The normalized spacial score (nSPS) is 27.3. The fourth-order valence-corrected chi connectivity index (χ4v) is 2.65. The zero-order valence-electron chi connectivity index (χ0n) is 14.7. The fourth-order valence-electron chi connectivity index (χ4n) is 2.65. The van der Waals surface area contributed by atoms with Gasteiger partial charge in [-0.15, -0.1) is 0 Å². The summed E-state index contributed by atoms with van der Waals surface area (Å²) in [5.74, 6) is -2.21. The predicted molar refractivity (Wildman–Crippen MR) is 88.8 cm³/mol. The topological polar surface area (TPSA) is 65.0 Å². The minimum atomic E-state index is -0.871. The first-order valence-electron chi connectivity index (χ1n) is 8.40. The third-order valence-electron chi connectivity index (χ3n) is 4.29. The Balaban J connectivity index is 2.40. The summed E-state index contributed by atoms with van der Waals surface area (Å²) in [6, 6.07) is 0. The van der Waals surface area contributed by atoms with E-state index in [1.54, 1.807) is 14.0 Å². The van der Waals surface area contributed by atoms with E-state index in [0.717, 1.165) is 25.7 Å². The Labute approximate surface area is 139 Å². The Morgan fingerprint density at radius 1 is 1.52 bits per heavy atom. The summed E-state index contributed by atoms with van der Waals surface area (Å²) in [4.78, 5) is 21.7. The first-order valence-corrected chi connectivity index (χ1v) is 8.40. The van der Waals surface area contributed by atoms with Gasteiger partial charge >= 0.3 is 5.97 Å². The van der Waals surface area contributed by atoms with Crippen molar-refractivity contribution < 1.29 is 24.4 Å². The maximum atomic E-state index is 11.0. The van der Waals surface area contributed by atoms with Gasteiger partial charge in [0.1, 0.15) is 6.10 Å². The van der Waals surface area contributed by atoms with Crippen LogP contribution in [0.1, 0.15) is 59.3 Å². The first-order chi connectivity index (χ1) is 10.9. The molecule has 1 fully saturated rings. The van der Waals surface area contributed by atoms with Gasteiger partial charge in [-0.05, 0) is 39.5 Å². The van der Waals surface area contributed by atoms with Crippen molar-refractivity contribution in [3.05, 3.63) is 23.8 Å². The Kier molecular flexibility index (Phi) is 8.52. The molecule has 0 aromatic heterocycles. The summed E-state index contributed by atoms with van der Waals surface area (Å²) in [5, 5.41) is 9.03. The predicted octanol–water partition coefficient (Wildman–Crippen LogP) is 4.24. The molecule has 1 aliphatic heterocycles. The molecule has 3 atom stereocenters. The van der Waals surface area contributed by atoms with Gasteiger partial charge in [-0.3, -0.25) is 4.79 Å². The van der Waals surface area contributed by atoms with Crippen LogP contribution in [0.15, 0.2) is 23.8 Å². The second-order valence-corrected chi connectivity index (χ2v) is 6.15. The van der Waals surface area contributed by atoms with Crippen molar-refractivity contribution in [3.63, 3.8) is 0 Å². The van der Waals surface area contributed by atoms with Crippen LogP contribution in [-0.4, -0.2) is 30.1 Å². The number of unbranched alkanes of at least 4 members (excludes halogenated alkanes) is 1. The van der Waals surface area contributed by atoms with Crippen molar-refractivity contribution in [3.8, 4) is 0 Å². The summed E-state index contributed by atoms with van der Waals surface area (Å²) < 4.78 is 5.50. The van der Waals surface area contributed by atoms with E-state index in [9.17, 15) is 4.79 Å². The molecule has 0 radical (unpaired) electrons. The highest BCUT2D eigenvalue weighted by Gasteiger charge is 2.40. The zero-order valence-corrected chi connectivity index (χ0v) is 14.7. The quantitative estimate of drug-likeness (QED) is 0.390. The Morgan fingerprint density at radius 3 is 2.78 bits per heavy atom. The smallest absolute Gasteiger partial charge is 0.308 e. The summed E-state index contributed by atoms with van der Waals surface area (Å²) in [7, 11) is 1.61. The summed E-state index contributed by atoms with van der Waals surface area (Å²) in [6.45, 7) is 5.85. The molecule has 0 aromatic carbocycles. The highest BCUT2D eigenvalue weighted by atomic mass is 17.2. The van der Waals surface area contributed by atoms with E-state index < -0.39 is 23.8 Å². The Hall–Kier alpha value is -1.17. The zero-order chi connectivity index (χ0) is 17.3. The Bertz CT molecular complexity index is 419. The molecule has 0 unspecified atom stereocenters. The molecule has 1 aliphatic rings. The number of rotatable bonds is 9. The van der Waals surface area contributed by atoms with Gasteiger partial charge in [0.2, 0.25) is 5.79 Å². The van der Waals surface area contributed by atoms with Gasteiger partial charge in [-0.2, -0.15) is 0 Å². The van der Waals surface area contributed by atoms with Crippen molar-refractivity contribution in [2.45, 2.75) is 71.2 Å². The summed E-state index contributed by atoms with van der Waals surface area (Å²) in [6.07, 6.45) is 11.0. The fraction of sp³-hybridized carbons (Fsp3) is 0.722. The molecule has 0 amide bonds. The van der Waals surface area contributed by atoms with Crippen molar-refractivity contribution in [1.82, 2.24) is 0 Å². The molecular weight excluding hydrogens is 296 g/mol. The molecular formula is C18H30O5. The van der Waals surface area contributed by atoms with Gasteiger partial charge in [0.05, 0.1) is 5.92 Å². The maximum Gasteiger partial charge on any atom is 0.308 e. The number of carboxylic acids is 1. The molecule has 0 aliphatic carbocycles. The minimum absolute atomic E-state index is 0.419. The van der Waals surface area contributed by atoms with E-state index >= 15 is 0 Å². The van der Waals surface area contributed by atoms with E-state index in [-0.39, 0.29) is 0 Å². The van der Waals surface area contributed by atoms with E-state index in [0.29, 0.717) is 12.8 Å². The largest absolute Gasteiger partial charge is 0.481 e. The van der Waals surface area contributed by atoms with Crippen LogP contribution in [0.3, 0.4) is 0 Å². The Morgan fingerprint density at radius 2 is 2.26 bits per heavy atom. The van der Waals surface area contributed by atoms with Crippen LogP contribution in [0.4, 0.5) is 0 Å². The first kappa shape index (κ1) is 19.9. The van der Waals surface area contributed by atoms with Gasteiger partial charge in [-0.25, -0.2) is 9.78 Å². The molecule has 1 heterocycles. The van der Waals surface area contributed by atoms with E-state index in [2.05, 4.69) is 32.1 Å². The highest BCUT2D eigenvalue weighted by molar-refractivity contribution is 5.70. The van der Waals surface area contributed by atoms with Crippen molar-refractivity contribution in [2.24, 2.45) is 5.92 Å². The number of carbonyl (C=O) groups is 1. The van der Waals surface area contributed by atoms with Crippen molar-refractivity contribution in [1.29, 1.82) is 0 Å². The van der Waals surface area contributed by atoms with Gasteiger partial charge in [0.25, 0.3) is 0 Å². The number of carboxylic acid groups (broad SMARTS) is 1. The minimum Gasteiger partial charge on any atom is -0.481 e. The molecule has 1 rings (SSSR count). The SMILES string of the molecule is CC/C=C(C)/C=C/CCC[C@]1(OC)CC[C@H]([C@@H](C)C(=O)O)OO1. The molecule has 1 saturated heterocycles. The molecule has 5 heteroatoms. The molecule has 23 heavy (non-hydrogen) atoms. The van der Waals surface area contributed by atoms with Crippen LogP contribution < -0.4 is 0 Å². The van der Waals surface area contributed by atoms with E-state index in [1.807, 2.05) is 0 Å². The van der Waals surface area contributed by atoms with Crippen molar-refractivity contribution >= 4 is 5.97 Å². The van der Waals surface area contributed by atoms with Crippen molar-refractivity contribution in [2.75, 3.05) is 7.11 Å². The number of methoxy groups -OCH3 is 1. The number of ether oxygens (including phenoxy) is 1. The molecule has 132 valence electrons. The molecule has 5 nitrogen and oxygen atoms in total. The van der Waals surface area contributed by atoms with E-state index in [1.165, 1.54) is 5.57 Å². The maximum absolute atomic E-state index is 11.0. The van der Waals surface area contributed by atoms with Gasteiger partial charge in [-0.1, -0.05) is 30.7 Å². The lowest BCUT2D eigenvalue weighted by Gasteiger charge is -2.38. The van der Waals surface area contributed by atoms with Crippen LogP contribution in [0, 0.1) is 5.92 Å². The average Bonchev–Trinajstić information content (AvgIpc) is 2.54. The number of hydrogen-bond donors (Lipinski definition) is 1. The summed E-state index contributed by atoms with van der Waals surface area (Å²) >= 11 is 0. The van der Waals surface area contributed by atoms with Gasteiger partial charge in [0.15, 0.2) is 0 Å². The lowest BCUT2D eigenvalue weighted by atomic mass is 9.94. The highest BCUT2D eigenvalue weighted by Crippen LogP contribution is 2.34. The monoisotopic (exact) mass is 326 g/mol. The van der Waals surface area contributed by atoms with Gasteiger partial charge in [0, 0.05) is 20.0 Å². The molecule has 0 spiro atoms. The van der Waals surface area contributed by atoms with Crippen LogP contribution in [-0.2, 0) is 19.3 Å². The molecule has 0 saturated carbocycles. The lowest BCUT2D eigenvalue weighted by Crippen LogP contribution is -2.44. The van der Waals surface area contributed by atoms with Crippen LogP contribution >= 0.6 is 0 Å². The molecule has 0 aromatic rings. The third kappa shape index (κ3) is 6.45. The number of allylic oxidation sites excluding steroid dienone is 4. The molecule has 0 bridgehead atoms. The lowest BCUT2D eigenvalue weighted by molar-refractivity contribution is -0.469. The number of aliphatic carboxylic acids is 1. The van der Waals surface area contributed by atoms with Crippen LogP contribution in [0.2, 0.25) is 0 Å². The third-order valence-corrected chi connectivity index (χ3v) is 4.29. The van der Waals surface area contributed by atoms with Crippen LogP contribution in [0.5, 0.6) is 0 Å².